The van der Waals surface area contributed by atoms with Crippen molar-refractivity contribution in [2.24, 2.45) is 5.92 Å². The largest absolute Gasteiger partial charge is 0.452 e. The van der Waals surface area contributed by atoms with Crippen molar-refractivity contribution in [3.05, 3.63) is 70.8 Å². The van der Waals surface area contributed by atoms with Crippen molar-refractivity contribution < 1.29 is 27.5 Å². The number of nitrogens with zero attached hydrogens (tertiary/aromatic N) is 1. The monoisotopic (exact) mass is 471 g/mol. The molecule has 1 aliphatic heterocycles. The van der Waals surface area contributed by atoms with E-state index in [2.05, 4.69) is 0 Å². The molecule has 1 heterocycles. The van der Waals surface area contributed by atoms with E-state index < -0.39 is 34.4 Å². The Morgan fingerprint density at radius 2 is 1.67 bits per heavy atom. The summed E-state index contributed by atoms with van der Waals surface area (Å²) in [6.45, 7) is 5.64. The van der Waals surface area contributed by atoms with Crippen molar-refractivity contribution in [2.75, 3.05) is 24.7 Å². The first-order chi connectivity index (χ1) is 15.6. The van der Waals surface area contributed by atoms with Crippen LogP contribution in [0.1, 0.15) is 52.1 Å². The van der Waals surface area contributed by atoms with Gasteiger partial charge in [-0.25, -0.2) is 13.2 Å². The minimum Gasteiger partial charge on any atom is -0.452 e. The topological polar surface area (TPSA) is 97.8 Å². The average Bonchev–Trinajstić information content (AvgIpc) is 3.14. The molecule has 1 amide bonds. The minimum atomic E-state index is -3.17. The Kier molecular flexibility index (Phi) is 7.68. The number of aryl methyl sites for hydroxylation is 1. The lowest BCUT2D eigenvalue weighted by atomic mass is 9.98. The zero-order valence-electron chi connectivity index (χ0n) is 19.1. The SMILES string of the molecule is Cc1ccc(C(=O)c2ccccc2C(=O)OCC(=O)N(CC(C)C)C2CCS(=O)(=O)C2)cc1. The summed E-state index contributed by atoms with van der Waals surface area (Å²) in [5.41, 5.74) is 1.73. The first kappa shape index (κ1) is 24.6. The second-order valence-corrected chi connectivity index (χ2v) is 11.0. The molecular weight excluding hydrogens is 442 g/mol. The molecule has 0 spiro atoms. The highest BCUT2D eigenvalue weighted by Gasteiger charge is 2.35. The van der Waals surface area contributed by atoms with Crippen molar-refractivity contribution in [3.8, 4) is 0 Å². The summed E-state index contributed by atoms with van der Waals surface area (Å²) >= 11 is 0. The normalized spacial score (nSPS) is 17.0. The molecule has 1 aliphatic rings. The molecule has 2 aromatic rings. The molecule has 1 fully saturated rings. The van der Waals surface area contributed by atoms with E-state index in [-0.39, 0.29) is 34.3 Å². The third-order valence-corrected chi connectivity index (χ3v) is 7.31. The molecule has 1 atom stereocenters. The molecule has 0 radical (unpaired) electrons. The Labute approximate surface area is 194 Å². The fraction of sp³-hybridized carbons (Fsp3) is 0.400. The molecule has 8 heteroatoms. The van der Waals surface area contributed by atoms with Crippen molar-refractivity contribution in [1.82, 2.24) is 4.90 Å². The summed E-state index contributed by atoms with van der Waals surface area (Å²) in [7, 11) is -3.17. The molecule has 1 unspecified atom stereocenters. The van der Waals surface area contributed by atoms with Crippen LogP contribution in [0.5, 0.6) is 0 Å². The van der Waals surface area contributed by atoms with Gasteiger partial charge < -0.3 is 9.64 Å². The Balaban J connectivity index is 1.73. The second kappa shape index (κ2) is 10.3. The van der Waals surface area contributed by atoms with E-state index in [0.29, 0.717) is 18.5 Å². The molecule has 0 aliphatic carbocycles. The smallest absolute Gasteiger partial charge is 0.339 e. The number of ether oxygens (including phenoxy) is 1. The second-order valence-electron chi connectivity index (χ2n) is 8.81. The van der Waals surface area contributed by atoms with Crippen LogP contribution >= 0.6 is 0 Å². The van der Waals surface area contributed by atoms with Gasteiger partial charge in [0, 0.05) is 23.7 Å². The van der Waals surface area contributed by atoms with Crippen LogP contribution in [0.3, 0.4) is 0 Å². The zero-order chi connectivity index (χ0) is 24.2. The van der Waals surface area contributed by atoms with Gasteiger partial charge in [-0.05, 0) is 25.3 Å². The molecule has 0 bridgehead atoms. The molecule has 176 valence electrons. The molecule has 3 rings (SSSR count). The van der Waals surface area contributed by atoms with E-state index in [9.17, 15) is 22.8 Å². The number of carbonyl (C=O) groups excluding carboxylic acids is 3. The van der Waals surface area contributed by atoms with E-state index in [1.807, 2.05) is 32.9 Å². The predicted octanol–water partition coefficient (Wildman–Crippen LogP) is 3.05. The van der Waals surface area contributed by atoms with E-state index >= 15 is 0 Å². The van der Waals surface area contributed by atoms with Crippen LogP contribution < -0.4 is 0 Å². The standard InChI is InChI=1S/C25H29NO6S/c1-17(2)14-26(20-12-13-33(30,31)16-20)23(27)15-32-25(29)22-7-5-4-6-21(22)24(28)19-10-8-18(3)9-11-19/h4-11,17,20H,12-16H2,1-3H3. The molecular formula is C25H29NO6S. The van der Waals surface area contributed by atoms with Crippen LogP contribution in [-0.2, 0) is 19.4 Å². The molecule has 0 aromatic heterocycles. The maximum atomic E-state index is 12.9. The highest BCUT2D eigenvalue weighted by molar-refractivity contribution is 7.91. The van der Waals surface area contributed by atoms with Crippen LogP contribution in [0.25, 0.3) is 0 Å². The molecule has 33 heavy (non-hydrogen) atoms. The third-order valence-electron chi connectivity index (χ3n) is 5.56. The number of esters is 1. The first-order valence-corrected chi connectivity index (χ1v) is 12.8. The lowest BCUT2D eigenvalue weighted by Crippen LogP contribution is -2.45. The first-order valence-electron chi connectivity index (χ1n) is 10.9. The number of ketones is 1. The summed E-state index contributed by atoms with van der Waals surface area (Å²) in [6.07, 6.45) is 0.378. The van der Waals surface area contributed by atoms with E-state index in [1.165, 1.54) is 11.0 Å². The maximum Gasteiger partial charge on any atom is 0.339 e. The molecule has 0 saturated carbocycles. The quantitative estimate of drug-likeness (QED) is 0.434. The van der Waals surface area contributed by atoms with Gasteiger partial charge in [0.2, 0.25) is 0 Å². The van der Waals surface area contributed by atoms with Crippen LogP contribution in [-0.4, -0.2) is 61.7 Å². The van der Waals surface area contributed by atoms with Gasteiger partial charge in [-0.3, -0.25) is 9.59 Å². The molecule has 2 aromatic carbocycles. The number of hydrogen-bond donors (Lipinski definition) is 0. The highest BCUT2D eigenvalue weighted by atomic mass is 32.2. The molecule has 1 saturated heterocycles. The summed E-state index contributed by atoms with van der Waals surface area (Å²) < 4.78 is 29.1. The van der Waals surface area contributed by atoms with Crippen molar-refractivity contribution in [2.45, 2.75) is 33.2 Å². The maximum absolute atomic E-state index is 12.9. The summed E-state index contributed by atoms with van der Waals surface area (Å²) in [4.78, 5) is 40.1. The van der Waals surface area contributed by atoms with Gasteiger partial charge in [-0.2, -0.15) is 0 Å². The van der Waals surface area contributed by atoms with Gasteiger partial charge in [0.25, 0.3) is 5.91 Å². The number of rotatable bonds is 8. The van der Waals surface area contributed by atoms with Crippen molar-refractivity contribution >= 4 is 27.5 Å². The number of sulfone groups is 1. The van der Waals surface area contributed by atoms with E-state index in [0.717, 1.165) is 5.56 Å². The lowest BCUT2D eigenvalue weighted by Gasteiger charge is -2.29. The van der Waals surface area contributed by atoms with Gasteiger partial charge >= 0.3 is 5.97 Å². The van der Waals surface area contributed by atoms with Gasteiger partial charge in [0.15, 0.2) is 22.2 Å². The average molecular weight is 472 g/mol. The predicted molar refractivity (Wildman–Crippen MR) is 125 cm³/mol. The Morgan fingerprint density at radius 3 is 2.24 bits per heavy atom. The number of carbonyl (C=O) groups is 3. The fourth-order valence-electron chi connectivity index (χ4n) is 3.88. The summed E-state index contributed by atoms with van der Waals surface area (Å²) in [5, 5.41) is 0. The lowest BCUT2D eigenvalue weighted by molar-refractivity contribution is -0.137. The van der Waals surface area contributed by atoms with E-state index in [1.54, 1.807) is 30.3 Å². The Bertz CT molecular complexity index is 1140. The fourth-order valence-corrected chi connectivity index (χ4v) is 5.61. The third kappa shape index (κ3) is 6.28. The summed E-state index contributed by atoms with van der Waals surface area (Å²) in [6, 6.07) is 12.9. The van der Waals surface area contributed by atoms with Crippen LogP contribution in [0.2, 0.25) is 0 Å². The molecule has 7 nitrogen and oxygen atoms in total. The van der Waals surface area contributed by atoms with Crippen LogP contribution in [0.15, 0.2) is 48.5 Å². The number of hydrogen-bond acceptors (Lipinski definition) is 6. The highest BCUT2D eigenvalue weighted by Crippen LogP contribution is 2.20. The van der Waals surface area contributed by atoms with Gasteiger partial charge in [0.1, 0.15) is 0 Å². The van der Waals surface area contributed by atoms with E-state index in [4.69, 9.17) is 4.74 Å². The minimum absolute atomic E-state index is 0.0494. The van der Waals surface area contributed by atoms with Crippen LogP contribution in [0, 0.1) is 12.8 Å². The van der Waals surface area contributed by atoms with Gasteiger partial charge in [-0.15, -0.1) is 0 Å². The van der Waals surface area contributed by atoms with Crippen LogP contribution in [0.4, 0.5) is 0 Å². The number of amides is 1. The number of benzene rings is 2. The van der Waals surface area contributed by atoms with Gasteiger partial charge in [0.05, 0.1) is 17.1 Å². The Hall–Kier alpha value is -3.00. The zero-order valence-corrected chi connectivity index (χ0v) is 19.9. The van der Waals surface area contributed by atoms with Crippen molar-refractivity contribution in [1.29, 1.82) is 0 Å². The summed E-state index contributed by atoms with van der Waals surface area (Å²) in [5.74, 6) is -1.43. The van der Waals surface area contributed by atoms with Gasteiger partial charge in [-0.1, -0.05) is 61.9 Å². The Morgan fingerprint density at radius 1 is 1.03 bits per heavy atom. The molecule has 0 N–H and O–H groups in total. The van der Waals surface area contributed by atoms with Crippen molar-refractivity contribution in [3.63, 3.8) is 0 Å².